The third-order valence-corrected chi connectivity index (χ3v) is 5.22. The third-order valence-electron chi connectivity index (χ3n) is 4.97. The summed E-state index contributed by atoms with van der Waals surface area (Å²) in [6, 6.07) is 21.3. The van der Waals surface area contributed by atoms with Crippen molar-refractivity contribution in [3.8, 4) is 5.75 Å². The molecule has 1 N–H and O–H groups in total. The maximum Gasteiger partial charge on any atom is 0.262 e. The Morgan fingerprint density at radius 2 is 1.47 bits per heavy atom. The van der Waals surface area contributed by atoms with Gasteiger partial charge in [-0.1, -0.05) is 37.6 Å². The number of ketones is 1. The minimum absolute atomic E-state index is 0.100. The van der Waals surface area contributed by atoms with Crippen LogP contribution in [0.2, 0.25) is 5.02 Å². The molecule has 5 heteroatoms. The highest BCUT2D eigenvalue weighted by Crippen LogP contribution is 2.21. The Hall–Kier alpha value is -3.11. The van der Waals surface area contributed by atoms with Gasteiger partial charge < -0.3 is 10.1 Å². The molecular formula is C25H24ClNO3. The number of benzene rings is 3. The molecule has 30 heavy (non-hydrogen) atoms. The molecule has 3 rings (SSSR count). The van der Waals surface area contributed by atoms with E-state index in [0.717, 1.165) is 12.1 Å². The second kappa shape index (κ2) is 10.1. The van der Waals surface area contributed by atoms with E-state index in [1.54, 1.807) is 48.5 Å². The number of carbonyl (C=O) groups is 2. The first-order chi connectivity index (χ1) is 14.5. The van der Waals surface area contributed by atoms with E-state index in [4.69, 9.17) is 16.3 Å². The van der Waals surface area contributed by atoms with Gasteiger partial charge in [-0.2, -0.15) is 0 Å². The fourth-order valence-electron chi connectivity index (χ4n) is 2.95. The topological polar surface area (TPSA) is 55.4 Å². The van der Waals surface area contributed by atoms with Crippen molar-refractivity contribution in [2.75, 3.05) is 11.9 Å². The Morgan fingerprint density at radius 1 is 0.900 bits per heavy atom. The maximum absolute atomic E-state index is 12.5. The third kappa shape index (κ3) is 5.71. The van der Waals surface area contributed by atoms with Crippen LogP contribution in [0.3, 0.4) is 0 Å². The van der Waals surface area contributed by atoms with Gasteiger partial charge >= 0.3 is 0 Å². The molecular weight excluding hydrogens is 398 g/mol. The van der Waals surface area contributed by atoms with Crippen LogP contribution >= 0.6 is 11.6 Å². The van der Waals surface area contributed by atoms with Gasteiger partial charge in [0, 0.05) is 21.8 Å². The summed E-state index contributed by atoms with van der Waals surface area (Å²) in [5, 5.41) is 3.41. The minimum Gasteiger partial charge on any atom is -0.484 e. The average Bonchev–Trinajstić information content (AvgIpc) is 2.78. The summed E-state index contributed by atoms with van der Waals surface area (Å²) >= 11 is 5.86. The number of ether oxygens (including phenoxy) is 1. The zero-order valence-corrected chi connectivity index (χ0v) is 17.8. The molecule has 0 aliphatic carbocycles. The summed E-state index contributed by atoms with van der Waals surface area (Å²) in [4.78, 5) is 24.6. The number of nitrogens with one attached hydrogen (secondary N) is 1. The molecule has 0 spiro atoms. The molecule has 0 saturated heterocycles. The second-order valence-corrected chi connectivity index (χ2v) is 7.56. The van der Waals surface area contributed by atoms with Crippen molar-refractivity contribution < 1.29 is 14.3 Å². The molecule has 154 valence electrons. The van der Waals surface area contributed by atoms with Crippen molar-refractivity contribution in [1.82, 2.24) is 0 Å². The SMILES string of the molecule is CC[C@H](C)c1ccc(NC(=O)COc2ccc(C(=O)c3ccc(Cl)cc3)cc2)cc1. The van der Waals surface area contributed by atoms with Crippen molar-refractivity contribution in [3.63, 3.8) is 0 Å². The van der Waals surface area contributed by atoms with E-state index in [1.165, 1.54) is 5.56 Å². The lowest BCUT2D eigenvalue weighted by atomic mass is 9.99. The molecule has 0 fully saturated rings. The van der Waals surface area contributed by atoms with Crippen LogP contribution in [0.4, 0.5) is 5.69 Å². The highest BCUT2D eigenvalue weighted by molar-refractivity contribution is 6.30. The maximum atomic E-state index is 12.5. The fraction of sp³-hybridized carbons (Fsp3) is 0.200. The Morgan fingerprint density at radius 3 is 2.03 bits per heavy atom. The van der Waals surface area contributed by atoms with Gasteiger partial charge in [0.1, 0.15) is 5.75 Å². The van der Waals surface area contributed by atoms with E-state index in [0.29, 0.717) is 27.8 Å². The molecule has 0 aromatic heterocycles. The summed E-state index contributed by atoms with van der Waals surface area (Å²) in [6.45, 7) is 4.21. The summed E-state index contributed by atoms with van der Waals surface area (Å²) in [6.07, 6.45) is 1.07. The van der Waals surface area contributed by atoms with Crippen LogP contribution in [0, 0.1) is 0 Å². The van der Waals surface area contributed by atoms with Gasteiger partial charge in [0.15, 0.2) is 12.4 Å². The number of rotatable bonds is 8. The number of halogens is 1. The monoisotopic (exact) mass is 421 g/mol. The zero-order valence-electron chi connectivity index (χ0n) is 17.0. The van der Waals surface area contributed by atoms with E-state index >= 15 is 0 Å². The average molecular weight is 422 g/mol. The zero-order chi connectivity index (χ0) is 21.5. The Labute approximate surface area is 181 Å². The first-order valence-corrected chi connectivity index (χ1v) is 10.3. The molecule has 3 aromatic carbocycles. The highest BCUT2D eigenvalue weighted by atomic mass is 35.5. The first-order valence-electron chi connectivity index (χ1n) is 9.89. The number of hydrogen-bond donors (Lipinski definition) is 1. The van der Waals surface area contributed by atoms with E-state index in [-0.39, 0.29) is 18.3 Å². The molecule has 3 aromatic rings. The molecule has 1 atom stereocenters. The van der Waals surface area contributed by atoms with Crippen LogP contribution in [0.5, 0.6) is 5.75 Å². The van der Waals surface area contributed by atoms with Crippen LogP contribution in [-0.2, 0) is 4.79 Å². The lowest BCUT2D eigenvalue weighted by Crippen LogP contribution is -2.20. The quantitative estimate of drug-likeness (QED) is 0.447. The van der Waals surface area contributed by atoms with E-state index < -0.39 is 0 Å². The van der Waals surface area contributed by atoms with Gasteiger partial charge in [0.2, 0.25) is 0 Å². The van der Waals surface area contributed by atoms with Gasteiger partial charge in [0.05, 0.1) is 0 Å². The predicted molar refractivity (Wildman–Crippen MR) is 121 cm³/mol. The standard InChI is InChI=1S/C25H24ClNO3/c1-3-17(2)18-6-12-22(13-7-18)27-24(28)16-30-23-14-8-20(9-15-23)25(29)19-4-10-21(26)11-5-19/h4-15,17H,3,16H2,1-2H3,(H,27,28)/t17-/m0/s1. The van der Waals surface area contributed by atoms with Crippen LogP contribution < -0.4 is 10.1 Å². The van der Waals surface area contributed by atoms with Crippen LogP contribution in [0.1, 0.15) is 47.7 Å². The van der Waals surface area contributed by atoms with Crippen molar-refractivity contribution in [3.05, 3.63) is 94.5 Å². The molecule has 0 unspecified atom stereocenters. The normalized spacial score (nSPS) is 11.6. The van der Waals surface area contributed by atoms with Gasteiger partial charge in [-0.3, -0.25) is 9.59 Å². The minimum atomic E-state index is -0.243. The molecule has 0 aliphatic rings. The van der Waals surface area contributed by atoms with Crippen molar-refractivity contribution >= 4 is 29.0 Å². The number of anilines is 1. The van der Waals surface area contributed by atoms with Crippen LogP contribution in [-0.4, -0.2) is 18.3 Å². The smallest absolute Gasteiger partial charge is 0.262 e. The highest BCUT2D eigenvalue weighted by Gasteiger charge is 2.10. The summed E-state index contributed by atoms with van der Waals surface area (Å²) in [5.41, 5.74) is 3.09. The van der Waals surface area contributed by atoms with E-state index in [9.17, 15) is 9.59 Å². The lowest BCUT2D eigenvalue weighted by Gasteiger charge is -2.11. The van der Waals surface area contributed by atoms with E-state index in [1.807, 2.05) is 24.3 Å². The lowest BCUT2D eigenvalue weighted by molar-refractivity contribution is -0.118. The van der Waals surface area contributed by atoms with Crippen molar-refractivity contribution in [2.24, 2.45) is 0 Å². The molecule has 1 amide bonds. The number of amides is 1. The number of hydrogen-bond acceptors (Lipinski definition) is 3. The molecule has 0 aliphatic heterocycles. The molecule has 4 nitrogen and oxygen atoms in total. The second-order valence-electron chi connectivity index (χ2n) is 7.13. The Balaban J connectivity index is 1.52. The van der Waals surface area contributed by atoms with Crippen LogP contribution in [0.15, 0.2) is 72.8 Å². The van der Waals surface area contributed by atoms with Gasteiger partial charge in [-0.15, -0.1) is 0 Å². The molecule has 0 heterocycles. The molecule has 0 radical (unpaired) electrons. The molecule has 0 saturated carbocycles. The fourth-order valence-corrected chi connectivity index (χ4v) is 3.07. The van der Waals surface area contributed by atoms with Crippen molar-refractivity contribution in [1.29, 1.82) is 0 Å². The predicted octanol–water partition coefficient (Wildman–Crippen LogP) is 6.10. The van der Waals surface area contributed by atoms with Gasteiger partial charge in [0.25, 0.3) is 5.91 Å². The summed E-state index contributed by atoms with van der Waals surface area (Å²) in [7, 11) is 0. The summed E-state index contributed by atoms with van der Waals surface area (Å²) < 4.78 is 5.53. The Kier molecular flexibility index (Phi) is 7.26. The van der Waals surface area contributed by atoms with Crippen LogP contribution in [0.25, 0.3) is 0 Å². The first kappa shape index (κ1) is 21.6. The van der Waals surface area contributed by atoms with Crippen molar-refractivity contribution in [2.45, 2.75) is 26.2 Å². The van der Waals surface area contributed by atoms with E-state index in [2.05, 4.69) is 19.2 Å². The van der Waals surface area contributed by atoms with Gasteiger partial charge in [-0.05, 0) is 78.6 Å². The Bertz CT molecular complexity index is 996. The number of carbonyl (C=O) groups excluding carboxylic acids is 2. The summed E-state index contributed by atoms with van der Waals surface area (Å²) in [5.74, 6) is 0.668. The molecule has 0 bridgehead atoms. The largest absolute Gasteiger partial charge is 0.484 e. The van der Waals surface area contributed by atoms with Gasteiger partial charge in [-0.25, -0.2) is 0 Å².